The van der Waals surface area contributed by atoms with E-state index in [9.17, 15) is 18.0 Å². The molecule has 0 unspecified atom stereocenters. The number of nitrogens with zero attached hydrogens (tertiary/aromatic N) is 3. The van der Waals surface area contributed by atoms with Crippen molar-refractivity contribution >= 4 is 22.0 Å². The van der Waals surface area contributed by atoms with E-state index in [-0.39, 0.29) is 30.6 Å². The molecule has 0 spiro atoms. The van der Waals surface area contributed by atoms with Gasteiger partial charge in [-0.1, -0.05) is 17.7 Å². The normalized spacial score (nSPS) is 22.7. The first-order chi connectivity index (χ1) is 12.8. The van der Waals surface area contributed by atoms with Crippen molar-refractivity contribution < 1.29 is 18.0 Å². The van der Waals surface area contributed by atoms with Gasteiger partial charge in [-0.25, -0.2) is 13.2 Å². The van der Waals surface area contributed by atoms with Crippen LogP contribution < -0.4 is 0 Å². The number of carbonyl (C=O) groups excluding carboxylic acids is 2. The molecule has 7 nitrogen and oxygen atoms in total. The van der Waals surface area contributed by atoms with Crippen LogP contribution in [0.1, 0.15) is 36.8 Å². The van der Waals surface area contributed by atoms with Crippen molar-refractivity contribution in [1.29, 1.82) is 0 Å². The third-order valence-electron chi connectivity index (χ3n) is 5.75. The first kappa shape index (κ1) is 18.4. The van der Waals surface area contributed by atoms with Gasteiger partial charge in [-0.2, -0.15) is 4.31 Å². The molecule has 0 bridgehead atoms. The lowest BCUT2D eigenvalue weighted by molar-refractivity contribution is -0.125. The Hall–Kier alpha value is -1.93. The molecule has 4 rings (SSSR count). The second-order valence-corrected chi connectivity index (χ2v) is 9.72. The molecular weight excluding hydrogens is 366 g/mol. The van der Waals surface area contributed by atoms with Crippen LogP contribution in [0.3, 0.4) is 0 Å². The zero-order chi connectivity index (χ0) is 19.3. The minimum absolute atomic E-state index is 0.0734. The molecule has 8 heteroatoms. The average molecular weight is 391 g/mol. The van der Waals surface area contributed by atoms with Gasteiger partial charge < -0.3 is 4.90 Å². The van der Waals surface area contributed by atoms with Crippen LogP contribution in [0.5, 0.6) is 0 Å². The van der Waals surface area contributed by atoms with Gasteiger partial charge in [-0.15, -0.1) is 0 Å². The molecule has 27 heavy (non-hydrogen) atoms. The molecule has 1 aromatic carbocycles. The van der Waals surface area contributed by atoms with Crippen LogP contribution >= 0.6 is 0 Å². The third kappa shape index (κ3) is 3.25. The van der Waals surface area contributed by atoms with Crippen molar-refractivity contribution in [2.45, 2.75) is 56.5 Å². The Kier molecular flexibility index (Phi) is 4.50. The van der Waals surface area contributed by atoms with Gasteiger partial charge in [0.2, 0.25) is 10.0 Å². The highest BCUT2D eigenvalue weighted by molar-refractivity contribution is 7.89. The first-order valence-corrected chi connectivity index (χ1v) is 10.9. The molecule has 0 radical (unpaired) electrons. The SMILES string of the molecule is Cc1ccc(S(=O)(=O)N2CCC(N3CC(=O)N(C4CC4)C3=O)CC2)c(C)c1. The minimum atomic E-state index is -3.54. The molecule has 2 aliphatic heterocycles. The maximum atomic E-state index is 13.0. The van der Waals surface area contributed by atoms with Crippen LogP contribution in [0.4, 0.5) is 4.79 Å². The fourth-order valence-corrected chi connectivity index (χ4v) is 5.81. The lowest BCUT2D eigenvalue weighted by Gasteiger charge is -2.35. The van der Waals surface area contributed by atoms with Crippen LogP contribution in [0.25, 0.3) is 0 Å². The van der Waals surface area contributed by atoms with Crippen LogP contribution in [0.15, 0.2) is 23.1 Å². The van der Waals surface area contributed by atoms with E-state index in [1.807, 2.05) is 26.0 Å². The fourth-order valence-electron chi connectivity index (χ4n) is 4.13. The summed E-state index contributed by atoms with van der Waals surface area (Å²) in [6.45, 7) is 4.61. The number of carbonyl (C=O) groups is 2. The van der Waals surface area contributed by atoms with E-state index in [0.717, 1.165) is 24.0 Å². The number of hydrogen-bond donors (Lipinski definition) is 0. The van der Waals surface area contributed by atoms with Crippen molar-refractivity contribution in [3.8, 4) is 0 Å². The van der Waals surface area contributed by atoms with Gasteiger partial charge in [0.25, 0.3) is 5.91 Å². The molecular formula is C19H25N3O4S. The molecule has 146 valence electrons. The molecule has 1 aliphatic carbocycles. The predicted molar refractivity (Wildman–Crippen MR) is 99.7 cm³/mol. The second kappa shape index (κ2) is 6.60. The average Bonchev–Trinajstić information content (AvgIpc) is 3.40. The molecule has 2 heterocycles. The number of benzene rings is 1. The van der Waals surface area contributed by atoms with Gasteiger partial charge in [0, 0.05) is 25.2 Å². The van der Waals surface area contributed by atoms with Gasteiger partial charge in [0.05, 0.1) is 4.90 Å². The van der Waals surface area contributed by atoms with Crippen molar-refractivity contribution in [3.63, 3.8) is 0 Å². The van der Waals surface area contributed by atoms with Gasteiger partial charge in [-0.3, -0.25) is 9.69 Å². The highest BCUT2D eigenvalue weighted by Crippen LogP contribution is 2.33. The van der Waals surface area contributed by atoms with E-state index >= 15 is 0 Å². The van der Waals surface area contributed by atoms with Crippen LogP contribution in [0.2, 0.25) is 0 Å². The number of rotatable bonds is 4. The van der Waals surface area contributed by atoms with Crippen molar-refractivity contribution in [2.24, 2.45) is 0 Å². The summed E-state index contributed by atoms with van der Waals surface area (Å²) in [5.41, 5.74) is 1.78. The monoisotopic (exact) mass is 391 g/mol. The molecule has 1 saturated carbocycles. The van der Waals surface area contributed by atoms with Gasteiger partial charge in [-0.05, 0) is 51.2 Å². The largest absolute Gasteiger partial charge is 0.327 e. The number of sulfonamides is 1. The van der Waals surface area contributed by atoms with Crippen molar-refractivity contribution in [1.82, 2.24) is 14.1 Å². The van der Waals surface area contributed by atoms with Gasteiger partial charge >= 0.3 is 6.03 Å². The Bertz CT molecular complexity index is 886. The summed E-state index contributed by atoms with van der Waals surface area (Å²) >= 11 is 0. The number of urea groups is 1. The Morgan fingerprint density at radius 3 is 2.22 bits per heavy atom. The standard InChI is InChI=1S/C19H25N3O4S/c1-13-3-6-17(14(2)11-13)27(25,26)20-9-7-15(8-10-20)21-12-18(23)22(19(21)24)16-4-5-16/h3,6,11,15-16H,4-5,7-10,12H2,1-2H3. The zero-order valence-corrected chi connectivity index (χ0v) is 16.5. The number of aryl methyl sites for hydroxylation is 2. The second-order valence-electron chi connectivity index (χ2n) is 7.81. The summed E-state index contributed by atoms with van der Waals surface area (Å²) in [6, 6.07) is 5.17. The lowest BCUT2D eigenvalue weighted by atomic mass is 10.1. The Morgan fingerprint density at radius 2 is 1.63 bits per heavy atom. The van der Waals surface area contributed by atoms with Crippen LogP contribution in [-0.4, -0.2) is 66.2 Å². The highest BCUT2D eigenvalue weighted by atomic mass is 32.2. The number of hydrogen-bond acceptors (Lipinski definition) is 4. The van der Waals surface area contributed by atoms with Crippen molar-refractivity contribution in [2.75, 3.05) is 19.6 Å². The molecule has 3 amide bonds. The first-order valence-electron chi connectivity index (χ1n) is 9.49. The van der Waals surface area contributed by atoms with E-state index < -0.39 is 10.0 Å². The van der Waals surface area contributed by atoms with Crippen LogP contribution in [0, 0.1) is 13.8 Å². The van der Waals surface area contributed by atoms with Gasteiger partial charge in [0.15, 0.2) is 0 Å². The summed E-state index contributed by atoms with van der Waals surface area (Å²) in [4.78, 5) is 28.1. The molecule has 3 fully saturated rings. The minimum Gasteiger partial charge on any atom is -0.312 e. The van der Waals surface area contributed by atoms with Crippen LogP contribution in [-0.2, 0) is 14.8 Å². The summed E-state index contributed by atoms with van der Waals surface area (Å²) in [5.74, 6) is -0.118. The quantitative estimate of drug-likeness (QED) is 0.735. The Labute approximate surface area is 160 Å². The number of amides is 3. The maximum Gasteiger partial charge on any atom is 0.327 e. The van der Waals surface area contributed by atoms with E-state index in [4.69, 9.17) is 0 Å². The van der Waals surface area contributed by atoms with Crippen molar-refractivity contribution in [3.05, 3.63) is 29.3 Å². The summed E-state index contributed by atoms with van der Waals surface area (Å²) < 4.78 is 27.5. The molecule has 0 N–H and O–H groups in total. The smallest absolute Gasteiger partial charge is 0.312 e. The predicted octanol–water partition coefficient (Wildman–Crippen LogP) is 1.88. The van der Waals surface area contributed by atoms with E-state index in [1.54, 1.807) is 11.0 Å². The molecule has 1 aromatic rings. The van der Waals surface area contributed by atoms with E-state index in [2.05, 4.69) is 0 Å². The van der Waals surface area contributed by atoms with E-state index in [1.165, 1.54) is 9.21 Å². The number of piperidine rings is 1. The summed E-state index contributed by atoms with van der Waals surface area (Å²) in [6.07, 6.45) is 2.92. The summed E-state index contributed by atoms with van der Waals surface area (Å²) in [5, 5.41) is 0. The molecule has 0 aromatic heterocycles. The third-order valence-corrected chi connectivity index (χ3v) is 7.81. The fraction of sp³-hybridized carbons (Fsp3) is 0.579. The Balaban J connectivity index is 1.44. The summed E-state index contributed by atoms with van der Waals surface area (Å²) in [7, 11) is -3.54. The topological polar surface area (TPSA) is 78.0 Å². The Morgan fingerprint density at radius 1 is 0.963 bits per heavy atom. The number of imide groups is 1. The van der Waals surface area contributed by atoms with Gasteiger partial charge in [0.1, 0.15) is 6.54 Å². The molecule has 0 atom stereocenters. The lowest BCUT2D eigenvalue weighted by Crippen LogP contribution is -2.48. The molecule has 2 saturated heterocycles. The molecule has 3 aliphatic rings. The zero-order valence-electron chi connectivity index (χ0n) is 15.7. The maximum absolute atomic E-state index is 13.0. The van der Waals surface area contributed by atoms with E-state index in [0.29, 0.717) is 30.8 Å². The highest BCUT2D eigenvalue weighted by Gasteiger charge is 2.47.